The average molecular weight is 243 g/mol. The first-order valence-corrected chi connectivity index (χ1v) is 6.16. The zero-order valence-electron chi connectivity index (χ0n) is 10.8. The highest BCUT2D eigenvalue weighted by Crippen LogP contribution is 2.47. The molecule has 0 aliphatic heterocycles. The van der Waals surface area contributed by atoms with Crippen molar-refractivity contribution in [1.82, 2.24) is 0 Å². The van der Waals surface area contributed by atoms with Crippen LogP contribution in [-0.4, -0.2) is 24.0 Å². The smallest absolute Gasteiger partial charge is 0.306 e. The van der Waals surface area contributed by atoms with E-state index in [9.17, 15) is 14.9 Å². The Kier molecular flexibility index (Phi) is 4.48. The predicted molar refractivity (Wildman–Crippen MR) is 63.1 cm³/mol. The number of ether oxygens (including phenoxy) is 1. The van der Waals surface area contributed by atoms with Crippen LogP contribution in [0.2, 0.25) is 0 Å². The van der Waals surface area contributed by atoms with Crippen molar-refractivity contribution in [3.8, 4) is 0 Å². The molecule has 17 heavy (non-hydrogen) atoms. The van der Waals surface area contributed by atoms with E-state index in [0.29, 0.717) is 18.4 Å². The molecule has 5 heteroatoms. The van der Waals surface area contributed by atoms with Crippen molar-refractivity contribution in [2.45, 2.75) is 40.0 Å². The molecule has 0 radical (unpaired) electrons. The lowest BCUT2D eigenvalue weighted by atomic mass is 9.81. The average Bonchev–Trinajstić information content (AvgIpc) is 2.40. The molecule has 0 aromatic heterocycles. The van der Waals surface area contributed by atoms with Gasteiger partial charge < -0.3 is 4.74 Å². The SMILES string of the molecule is CCOC(=O)CC1(C[N+](=O)[O-])CC(C)[C@@H](C)C1. The molecule has 0 aromatic rings. The summed E-state index contributed by atoms with van der Waals surface area (Å²) in [4.78, 5) is 22.0. The molecule has 2 unspecified atom stereocenters. The van der Waals surface area contributed by atoms with Gasteiger partial charge >= 0.3 is 5.97 Å². The van der Waals surface area contributed by atoms with Crippen molar-refractivity contribution in [2.24, 2.45) is 17.3 Å². The topological polar surface area (TPSA) is 69.4 Å². The maximum Gasteiger partial charge on any atom is 0.306 e. The van der Waals surface area contributed by atoms with Gasteiger partial charge in [-0.1, -0.05) is 13.8 Å². The van der Waals surface area contributed by atoms with Crippen molar-refractivity contribution in [3.05, 3.63) is 10.1 Å². The van der Waals surface area contributed by atoms with Gasteiger partial charge in [0, 0.05) is 10.3 Å². The van der Waals surface area contributed by atoms with Gasteiger partial charge in [-0.25, -0.2) is 0 Å². The van der Waals surface area contributed by atoms with Gasteiger partial charge in [-0.15, -0.1) is 0 Å². The van der Waals surface area contributed by atoms with Crippen molar-refractivity contribution in [2.75, 3.05) is 13.2 Å². The highest BCUT2D eigenvalue weighted by Gasteiger charge is 2.47. The van der Waals surface area contributed by atoms with Crippen LogP contribution in [0.25, 0.3) is 0 Å². The third kappa shape index (κ3) is 3.68. The largest absolute Gasteiger partial charge is 0.466 e. The fourth-order valence-corrected chi connectivity index (χ4v) is 2.97. The van der Waals surface area contributed by atoms with Crippen LogP contribution < -0.4 is 0 Å². The predicted octanol–water partition coefficient (Wildman–Crippen LogP) is 2.27. The summed E-state index contributed by atoms with van der Waals surface area (Å²) in [6, 6.07) is 0. The van der Waals surface area contributed by atoms with Crippen LogP contribution in [-0.2, 0) is 9.53 Å². The van der Waals surface area contributed by atoms with E-state index in [1.807, 2.05) is 0 Å². The van der Waals surface area contributed by atoms with Gasteiger partial charge in [0.1, 0.15) is 0 Å². The minimum atomic E-state index is -0.491. The zero-order valence-corrected chi connectivity index (χ0v) is 10.8. The highest BCUT2D eigenvalue weighted by molar-refractivity contribution is 5.70. The molecule has 0 saturated heterocycles. The first kappa shape index (κ1) is 13.9. The number of esters is 1. The van der Waals surface area contributed by atoms with Gasteiger partial charge in [-0.2, -0.15) is 0 Å². The van der Waals surface area contributed by atoms with E-state index in [1.54, 1.807) is 6.92 Å². The zero-order chi connectivity index (χ0) is 13.1. The fraction of sp³-hybridized carbons (Fsp3) is 0.917. The minimum Gasteiger partial charge on any atom is -0.466 e. The van der Waals surface area contributed by atoms with E-state index < -0.39 is 5.41 Å². The quantitative estimate of drug-likeness (QED) is 0.422. The van der Waals surface area contributed by atoms with Gasteiger partial charge in [-0.05, 0) is 31.6 Å². The lowest BCUT2D eigenvalue weighted by Crippen LogP contribution is -2.31. The Morgan fingerprint density at radius 3 is 2.35 bits per heavy atom. The Balaban J connectivity index is 2.73. The molecule has 0 bridgehead atoms. The second-order valence-electron chi connectivity index (χ2n) is 5.34. The number of rotatable bonds is 5. The molecule has 0 heterocycles. The summed E-state index contributed by atoms with van der Waals surface area (Å²) >= 11 is 0. The Bertz CT molecular complexity index is 293. The van der Waals surface area contributed by atoms with E-state index in [2.05, 4.69) is 13.8 Å². The van der Waals surface area contributed by atoms with Crippen LogP contribution in [0.15, 0.2) is 0 Å². The van der Waals surface area contributed by atoms with Crippen LogP contribution >= 0.6 is 0 Å². The summed E-state index contributed by atoms with van der Waals surface area (Å²) in [6.07, 6.45) is 1.67. The molecule has 0 N–H and O–H groups in total. The van der Waals surface area contributed by atoms with Crippen molar-refractivity contribution >= 4 is 5.97 Å². The second-order valence-corrected chi connectivity index (χ2v) is 5.34. The van der Waals surface area contributed by atoms with E-state index in [4.69, 9.17) is 4.74 Å². The summed E-state index contributed by atoms with van der Waals surface area (Å²) in [5.74, 6) is 0.560. The third-order valence-corrected chi connectivity index (χ3v) is 3.77. The molecule has 1 saturated carbocycles. The summed E-state index contributed by atoms with van der Waals surface area (Å²) in [7, 11) is 0. The number of nitrogens with zero attached hydrogens (tertiary/aromatic N) is 1. The first-order chi connectivity index (χ1) is 7.88. The maximum atomic E-state index is 11.6. The number of carbonyl (C=O) groups excluding carboxylic acids is 1. The van der Waals surface area contributed by atoms with Gasteiger partial charge in [0.05, 0.1) is 13.0 Å². The van der Waals surface area contributed by atoms with Gasteiger partial charge in [0.2, 0.25) is 6.54 Å². The molecular weight excluding hydrogens is 222 g/mol. The number of hydrogen-bond donors (Lipinski definition) is 0. The van der Waals surface area contributed by atoms with Gasteiger partial charge in [0.15, 0.2) is 0 Å². The van der Waals surface area contributed by atoms with E-state index >= 15 is 0 Å². The number of carbonyl (C=O) groups is 1. The third-order valence-electron chi connectivity index (χ3n) is 3.77. The standard InChI is InChI=1S/C12H21NO4/c1-4-17-11(14)7-12(8-13(15)16)5-9(2)10(3)6-12/h9-10H,4-8H2,1-3H3/t9-,10?,12?/m0/s1. The molecule has 0 aromatic carbocycles. The number of hydrogen-bond acceptors (Lipinski definition) is 4. The van der Waals surface area contributed by atoms with Crippen LogP contribution in [0, 0.1) is 27.4 Å². The van der Waals surface area contributed by atoms with E-state index in [-0.39, 0.29) is 23.9 Å². The summed E-state index contributed by atoms with van der Waals surface area (Å²) in [5.41, 5.74) is -0.491. The fourth-order valence-electron chi connectivity index (χ4n) is 2.97. The highest BCUT2D eigenvalue weighted by atomic mass is 16.6. The van der Waals surface area contributed by atoms with E-state index in [1.165, 1.54) is 0 Å². The number of nitro groups is 1. The Morgan fingerprint density at radius 2 is 1.94 bits per heavy atom. The van der Waals surface area contributed by atoms with Crippen LogP contribution in [0.5, 0.6) is 0 Å². The van der Waals surface area contributed by atoms with Crippen LogP contribution in [0.3, 0.4) is 0 Å². The molecule has 0 spiro atoms. The molecule has 3 atom stereocenters. The summed E-state index contributed by atoms with van der Waals surface area (Å²) in [6.45, 7) is 6.14. The molecule has 98 valence electrons. The van der Waals surface area contributed by atoms with Crippen LogP contribution in [0.1, 0.15) is 40.0 Å². The van der Waals surface area contributed by atoms with Crippen LogP contribution in [0.4, 0.5) is 0 Å². The first-order valence-electron chi connectivity index (χ1n) is 6.16. The Labute approximate surface area is 102 Å². The van der Waals surface area contributed by atoms with Crippen molar-refractivity contribution < 1.29 is 14.5 Å². The summed E-state index contributed by atoms with van der Waals surface area (Å²) < 4.78 is 4.92. The van der Waals surface area contributed by atoms with E-state index in [0.717, 1.165) is 12.8 Å². The lowest BCUT2D eigenvalue weighted by Gasteiger charge is -2.23. The Hall–Kier alpha value is -1.13. The summed E-state index contributed by atoms with van der Waals surface area (Å²) in [5, 5.41) is 10.8. The van der Waals surface area contributed by atoms with Gasteiger partial charge in [-0.3, -0.25) is 14.9 Å². The van der Waals surface area contributed by atoms with Crippen molar-refractivity contribution in [3.63, 3.8) is 0 Å². The normalized spacial score (nSPS) is 32.4. The molecule has 1 aliphatic carbocycles. The molecule has 1 aliphatic rings. The van der Waals surface area contributed by atoms with Crippen molar-refractivity contribution in [1.29, 1.82) is 0 Å². The Morgan fingerprint density at radius 1 is 1.41 bits per heavy atom. The second kappa shape index (κ2) is 5.47. The van der Waals surface area contributed by atoms with Gasteiger partial charge in [0.25, 0.3) is 0 Å². The maximum absolute atomic E-state index is 11.6. The molecule has 0 amide bonds. The minimum absolute atomic E-state index is 0.125. The monoisotopic (exact) mass is 243 g/mol. The molecule has 1 fully saturated rings. The molecule has 1 rings (SSSR count). The lowest BCUT2D eigenvalue weighted by molar-refractivity contribution is -0.497. The molecular formula is C12H21NO4. The molecule has 5 nitrogen and oxygen atoms in total.